The standard InChI is InChI=1S/C22H22N2O5/c1-3-23(4-2)20(25)11-24-16-8-6-5-7-14(16)22(21(24)26)12-27-17-10-19-18(9-15(17)22)28-13-29-19/h5-10H,3-4,11-13H2,1-2H3. The summed E-state index contributed by atoms with van der Waals surface area (Å²) in [4.78, 5) is 29.9. The second-order valence-electron chi connectivity index (χ2n) is 7.37. The van der Waals surface area contributed by atoms with Gasteiger partial charge in [-0.05, 0) is 31.5 Å². The van der Waals surface area contributed by atoms with Crippen LogP contribution in [0.5, 0.6) is 17.2 Å². The van der Waals surface area contributed by atoms with Gasteiger partial charge in [0.25, 0.3) is 0 Å². The van der Waals surface area contributed by atoms with Crippen molar-refractivity contribution in [1.29, 1.82) is 0 Å². The first kappa shape index (κ1) is 17.8. The molecule has 29 heavy (non-hydrogen) atoms. The third-order valence-electron chi connectivity index (χ3n) is 6.05. The summed E-state index contributed by atoms with van der Waals surface area (Å²) in [6.07, 6.45) is 0. The van der Waals surface area contributed by atoms with Crippen molar-refractivity contribution < 1.29 is 23.8 Å². The van der Waals surface area contributed by atoms with E-state index in [1.54, 1.807) is 15.9 Å². The average Bonchev–Trinajstić information content (AvgIpc) is 3.40. The predicted octanol–water partition coefficient (Wildman–Crippen LogP) is 2.31. The number of para-hydroxylation sites is 1. The summed E-state index contributed by atoms with van der Waals surface area (Å²) in [5, 5.41) is 0. The number of benzene rings is 2. The molecular formula is C22H22N2O5. The number of rotatable bonds is 4. The molecule has 2 amide bonds. The predicted molar refractivity (Wildman–Crippen MR) is 106 cm³/mol. The van der Waals surface area contributed by atoms with E-state index >= 15 is 0 Å². The van der Waals surface area contributed by atoms with E-state index in [1.807, 2.05) is 44.2 Å². The lowest BCUT2D eigenvalue weighted by Crippen LogP contribution is -2.47. The molecule has 0 bridgehead atoms. The van der Waals surface area contributed by atoms with Gasteiger partial charge >= 0.3 is 0 Å². The van der Waals surface area contributed by atoms with Crippen molar-refractivity contribution in [3.05, 3.63) is 47.5 Å². The molecule has 0 aromatic heterocycles. The van der Waals surface area contributed by atoms with Crippen LogP contribution in [-0.4, -0.2) is 49.7 Å². The Hall–Kier alpha value is -3.22. The number of carbonyl (C=O) groups is 2. The Morgan fingerprint density at radius 1 is 1.03 bits per heavy atom. The number of ether oxygens (including phenoxy) is 3. The summed E-state index contributed by atoms with van der Waals surface area (Å²) in [6.45, 7) is 5.45. The molecule has 0 fully saturated rings. The fourth-order valence-electron chi connectivity index (χ4n) is 4.53. The molecule has 3 aliphatic rings. The van der Waals surface area contributed by atoms with Gasteiger partial charge in [0.15, 0.2) is 11.5 Å². The largest absolute Gasteiger partial charge is 0.491 e. The second kappa shape index (κ2) is 6.40. The first-order chi connectivity index (χ1) is 14.1. The van der Waals surface area contributed by atoms with Crippen molar-refractivity contribution in [2.45, 2.75) is 19.3 Å². The van der Waals surface area contributed by atoms with Gasteiger partial charge in [0, 0.05) is 30.4 Å². The molecule has 1 unspecified atom stereocenters. The molecule has 2 aromatic rings. The van der Waals surface area contributed by atoms with Gasteiger partial charge in [-0.15, -0.1) is 0 Å². The lowest BCUT2D eigenvalue weighted by molar-refractivity contribution is -0.131. The summed E-state index contributed by atoms with van der Waals surface area (Å²) in [5.74, 6) is 1.64. The number of amides is 2. The molecule has 3 aliphatic heterocycles. The molecule has 0 N–H and O–H groups in total. The third-order valence-corrected chi connectivity index (χ3v) is 6.05. The van der Waals surface area contributed by atoms with Gasteiger partial charge in [-0.3, -0.25) is 9.59 Å². The van der Waals surface area contributed by atoms with Crippen molar-refractivity contribution in [1.82, 2.24) is 4.90 Å². The molecule has 2 aromatic carbocycles. The quantitative estimate of drug-likeness (QED) is 0.796. The smallest absolute Gasteiger partial charge is 0.246 e. The Bertz CT molecular complexity index is 1020. The first-order valence-electron chi connectivity index (χ1n) is 9.86. The van der Waals surface area contributed by atoms with E-state index in [1.165, 1.54) is 0 Å². The van der Waals surface area contributed by atoms with Gasteiger partial charge in [0.05, 0.1) is 0 Å². The monoisotopic (exact) mass is 394 g/mol. The molecule has 1 atom stereocenters. The minimum absolute atomic E-state index is 0.0131. The molecule has 1 spiro atoms. The number of nitrogens with zero attached hydrogens (tertiary/aromatic N) is 2. The van der Waals surface area contributed by atoms with E-state index in [4.69, 9.17) is 14.2 Å². The maximum atomic E-state index is 13.8. The number of likely N-dealkylation sites (N-methyl/N-ethyl adjacent to an activating group) is 1. The molecule has 0 aliphatic carbocycles. The van der Waals surface area contributed by atoms with E-state index in [2.05, 4.69) is 0 Å². The molecular weight excluding hydrogens is 372 g/mol. The topological polar surface area (TPSA) is 68.3 Å². The lowest BCUT2D eigenvalue weighted by atomic mass is 9.77. The zero-order chi connectivity index (χ0) is 20.2. The highest BCUT2D eigenvalue weighted by molar-refractivity contribution is 6.13. The van der Waals surface area contributed by atoms with Crippen LogP contribution in [0.15, 0.2) is 36.4 Å². The van der Waals surface area contributed by atoms with Crippen LogP contribution in [0.2, 0.25) is 0 Å². The number of carbonyl (C=O) groups excluding carboxylic acids is 2. The summed E-state index contributed by atoms with van der Waals surface area (Å²) >= 11 is 0. The number of anilines is 1. The zero-order valence-corrected chi connectivity index (χ0v) is 16.4. The summed E-state index contributed by atoms with van der Waals surface area (Å²) in [5.41, 5.74) is 1.40. The maximum absolute atomic E-state index is 13.8. The van der Waals surface area contributed by atoms with Gasteiger partial charge in [-0.25, -0.2) is 0 Å². The zero-order valence-electron chi connectivity index (χ0n) is 16.4. The summed E-state index contributed by atoms with van der Waals surface area (Å²) in [6, 6.07) is 11.3. The van der Waals surface area contributed by atoms with Crippen LogP contribution in [0.1, 0.15) is 25.0 Å². The highest BCUT2D eigenvalue weighted by Gasteiger charge is 2.57. The van der Waals surface area contributed by atoms with Crippen molar-refractivity contribution in [2.24, 2.45) is 0 Å². The van der Waals surface area contributed by atoms with Crippen molar-refractivity contribution >= 4 is 17.5 Å². The molecule has 0 radical (unpaired) electrons. The summed E-state index contributed by atoms with van der Waals surface area (Å²) in [7, 11) is 0. The van der Waals surface area contributed by atoms with Crippen molar-refractivity contribution in [2.75, 3.05) is 37.9 Å². The van der Waals surface area contributed by atoms with Crippen LogP contribution in [-0.2, 0) is 15.0 Å². The van der Waals surface area contributed by atoms with Gasteiger partial charge in [0.2, 0.25) is 18.6 Å². The Morgan fingerprint density at radius 3 is 2.52 bits per heavy atom. The van der Waals surface area contributed by atoms with Crippen molar-refractivity contribution in [3.63, 3.8) is 0 Å². The van der Waals surface area contributed by atoms with Gasteiger partial charge in [0.1, 0.15) is 24.3 Å². The molecule has 5 rings (SSSR count). The number of hydrogen-bond donors (Lipinski definition) is 0. The Morgan fingerprint density at radius 2 is 1.76 bits per heavy atom. The number of fused-ring (bicyclic) bond motifs is 5. The second-order valence-corrected chi connectivity index (χ2v) is 7.37. The van der Waals surface area contributed by atoms with E-state index in [-0.39, 0.29) is 31.8 Å². The van der Waals surface area contributed by atoms with Gasteiger partial charge in [-0.1, -0.05) is 18.2 Å². The lowest BCUT2D eigenvalue weighted by Gasteiger charge is -2.25. The van der Waals surface area contributed by atoms with E-state index in [9.17, 15) is 9.59 Å². The highest BCUT2D eigenvalue weighted by Crippen LogP contribution is 2.54. The van der Waals surface area contributed by atoms with E-state index in [0.29, 0.717) is 30.3 Å². The molecule has 0 saturated carbocycles. The molecule has 150 valence electrons. The van der Waals surface area contributed by atoms with Crippen LogP contribution in [0, 0.1) is 0 Å². The van der Waals surface area contributed by atoms with E-state index in [0.717, 1.165) is 16.8 Å². The van der Waals surface area contributed by atoms with Crippen LogP contribution in [0.25, 0.3) is 0 Å². The molecule has 7 nitrogen and oxygen atoms in total. The SMILES string of the molecule is CCN(CC)C(=O)CN1C(=O)C2(COc3cc4c(cc32)OCO4)c2ccccc21. The summed E-state index contributed by atoms with van der Waals surface area (Å²) < 4.78 is 16.9. The molecule has 3 heterocycles. The van der Waals surface area contributed by atoms with E-state index < -0.39 is 5.41 Å². The minimum atomic E-state index is -0.976. The first-order valence-corrected chi connectivity index (χ1v) is 9.86. The minimum Gasteiger partial charge on any atom is -0.491 e. The van der Waals surface area contributed by atoms with Crippen LogP contribution in [0.4, 0.5) is 5.69 Å². The molecule has 0 saturated heterocycles. The Kier molecular flexibility index (Phi) is 3.94. The van der Waals surface area contributed by atoms with Gasteiger partial charge < -0.3 is 24.0 Å². The third kappa shape index (κ3) is 2.36. The van der Waals surface area contributed by atoms with Crippen LogP contribution < -0.4 is 19.1 Å². The fraction of sp³-hybridized carbons (Fsp3) is 0.364. The van der Waals surface area contributed by atoms with Crippen LogP contribution in [0.3, 0.4) is 0 Å². The Labute approximate surface area is 168 Å². The van der Waals surface area contributed by atoms with Gasteiger partial charge in [-0.2, -0.15) is 0 Å². The fourth-order valence-corrected chi connectivity index (χ4v) is 4.53. The van der Waals surface area contributed by atoms with Crippen molar-refractivity contribution in [3.8, 4) is 17.2 Å². The Balaban J connectivity index is 1.60. The number of hydrogen-bond acceptors (Lipinski definition) is 5. The normalized spacial score (nSPS) is 20.6. The average molecular weight is 394 g/mol. The maximum Gasteiger partial charge on any atom is 0.246 e. The molecule has 7 heteroatoms. The highest BCUT2D eigenvalue weighted by atomic mass is 16.7. The van der Waals surface area contributed by atoms with Crippen LogP contribution >= 0.6 is 0 Å².